The molecule has 10 heteroatoms. The van der Waals surface area contributed by atoms with Crippen molar-refractivity contribution < 1.29 is 17.9 Å². The number of morpholine rings is 1. The van der Waals surface area contributed by atoms with Crippen molar-refractivity contribution in [1.82, 2.24) is 9.55 Å². The zero-order valence-corrected chi connectivity index (χ0v) is 18.2. The number of carbonyl (C=O) groups excluding carboxylic acids is 1. The second-order valence-corrected chi connectivity index (χ2v) is 9.37. The summed E-state index contributed by atoms with van der Waals surface area (Å²) in [6, 6.07) is 12.3. The summed E-state index contributed by atoms with van der Waals surface area (Å²) >= 11 is 0. The van der Waals surface area contributed by atoms with Gasteiger partial charge in [0.25, 0.3) is 11.5 Å². The predicted octanol–water partition coefficient (Wildman–Crippen LogP) is 1.72. The summed E-state index contributed by atoms with van der Waals surface area (Å²) in [4.78, 5) is 31.8. The van der Waals surface area contributed by atoms with Crippen LogP contribution in [-0.2, 0) is 14.6 Å². The number of nitrogens with one attached hydrogen (secondary N) is 1. The molecule has 1 aromatic carbocycles. The largest absolute Gasteiger partial charge is 0.378 e. The first kappa shape index (κ1) is 21.7. The Morgan fingerprint density at radius 3 is 2.56 bits per heavy atom. The summed E-state index contributed by atoms with van der Waals surface area (Å²) in [5.74, 6) is 0.326. The summed E-state index contributed by atoms with van der Waals surface area (Å²) in [6.45, 7) is 2.80. The first-order chi connectivity index (χ1) is 15.3. The molecule has 1 aliphatic rings. The van der Waals surface area contributed by atoms with Crippen molar-refractivity contribution in [3.63, 3.8) is 0 Å². The number of carbonyl (C=O) groups is 1. The van der Waals surface area contributed by atoms with E-state index in [-0.39, 0.29) is 16.0 Å². The number of anilines is 2. The van der Waals surface area contributed by atoms with Crippen LogP contribution in [0, 0.1) is 0 Å². The van der Waals surface area contributed by atoms with Crippen molar-refractivity contribution in [2.45, 2.75) is 4.90 Å². The Morgan fingerprint density at radius 2 is 1.88 bits per heavy atom. The molecule has 1 aliphatic heterocycles. The Balaban J connectivity index is 1.56. The van der Waals surface area contributed by atoms with Crippen LogP contribution in [0.1, 0.15) is 10.4 Å². The van der Waals surface area contributed by atoms with Gasteiger partial charge in [-0.15, -0.1) is 0 Å². The number of sulfone groups is 1. The molecule has 0 unspecified atom stereocenters. The number of pyridine rings is 2. The first-order valence-corrected chi connectivity index (χ1v) is 11.8. The lowest BCUT2D eigenvalue weighted by Gasteiger charge is -2.27. The Labute approximate surface area is 185 Å². The van der Waals surface area contributed by atoms with Gasteiger partial charge >= 0.3 is 0 Å². The van der Waals surface area contributed by atoms with Crippen molar-refractivity contribution >= 4 is 27.2 Å². The van der Waals surface area contributed by atoms with Gasteiger partial charge in [0.2, 0.25) is 0 Å². The fourth-order valence-electron chi connectivity index (χ4n) is 3.33. The van der Waals surface area contributed by atoms with E-state index < -0.39 is 15.7 Å². The SMILES string of the molecule is CS(=O)(=O)c1cccc(NC(=O)c2ccc(=O)n(-c3ccc(N4CCOCC4)nc3)c2)c1. The number of amides is 1. The fraction of sp³-hybridized carbons (Fsp3) is 0.227. The molecule has 2 aromatic heterocycles. The normalized spacial score (nSPS) is 14.2. The topological polar surface area (TPSA) is 111 Å². The Kier molecular flexibility index (Phi) is 6.06. The Morgan fingerprint density at radius 1 is 1.09 bits per heavy atom. The summed E-state index contributed by atoms with van der Waals surface area (Å²) in [5.41, 5.74) is 0.807. The highest BCUT2D eigenvalue weighted by atomic mass is 32.2. The maximum atomic E-state index is 12.7. The second-order valence-electron chi connectivity index (χ2n) is 7.35. The van der Waals surface area contributed by atoms with Gasteiger partial charge in [0.1, 0.15) is 5.82 Å². The minimum atomic E-state index is -3.40. The van der Waals surface area contributed by atoms with Crippen molar-refractivity contribution in [2.75, 3.05) is 42.8 Å². The first-order valence-electron chi connectivity index (χ1n) is 9.94. The van der Waals surface area contributed by atoms with Gasteiger partial charge in [0, 0.05) is 37.3 Å². The van der Waals surface area contributed by atoms with Gasteiger partial charge in [-0.25, -0.2) is 13.4 Å². The molecule has 3 aromatic rings. The Bertz CT molecular complexity index is 1300. The van der Waals surface area contributed by atoms with Crippen molar-refractivity contribution in [3.05, 3.63) is 76.8 Å². The molecule has 0 atom stereocenters. The summed E-state index contributed by atoms with van der Waals surface area (Å²) < 4.78 is 30.2. The average molecular weight is 455 g/mol. The number of benzene rings is 1. The molecule has 0 aliphatic carbocycles. The summed E-state index contributed by atoms with van der Waals surface area (Å²) in [5, 5.41) is 2.67. The van der Waals surface area contributed by atoms with E-state index in [4.69, 9.17) is 4.74 Å². The van der Waals surface area contributed by atoms with E-state index in [2.05, 4.69) is 15.2 Å². The van der Waals surface area contributed by atoms with E-state index in [1.165, 1.54) is 35.0 Å². The minimum Gasteiger partial charge on any atom is -0.378 e. The quantitative estimate of drug-likeness (QED) is 0.625. The number of nitrogens with zero attached hydrogens (tertiary/aromatic N) is 3. The molecule has 3 heterocycles. The van der Waals surface area contributed by atoms with Gasteiger partial charge in [-0.1, -0.05) is 6.07 Å². The van der Waals surface area contributed by atoms with Crippen molar-refractivity contribution in [3.8, 4) is 5.69 Å². The lowest BCUT2D eigenvalue weighted by molar-refractivity contribution is 0.102. The molecule has 0 radical (unpaired) electrons. The van der Waals surface area contributed by atoms with Gasteiger partial charge in [0.15, 0.2) is 9.84 Å². The van der Waals surface area contributed by atoms with Crippen LogP contribution < -0.4 is 15.8 Å². The molecule has 0 bridgehead atoms. The van der Waals surface area contributed by atoms with Gasteiger partial charge in [-0.2, -0.15) is 0 Å². The highest BCUT2D eigenvalue weighted by molar-refractivity contribution is 7.90. The van der Waals surface area contributed by atoms with Crippen molar-refractivity contribution in [2.24, 2.45) is 0 Å². The van der Waals surface area contributed by atoms with E-state index in [0.717, 1.165) is 25.2 Å². The third kappa shape index (κ3) is 4.87. The molecule has 9 nitrogen and oxygen atoms in total. The number of aromatic nitrogens is 2. The zero-order valence-electron chi connectivity index (χ0n) is 17.4. The summed E-state index contributed by atoms with van der Waals surface area (Å²) in [6.07, 6.45) is 4.12. The van der Waals surface area contributed by atoms with Crippen molar-refractivity contribution in [1.29, 1.82) is 0 Å². The molecule has 4 rings (SSSR count). The predicted molar refractivity (Wildman–Crippen MR) is 120 cm³/mol. The van der Waals surface area contributed by atoms with E-state index in [1.54, 1.807) is 24.4 Å². The van der Waals surface area contributed by atoms with Crippen LogP contribution in [0.4, 0.5) is 11.5 Å². The van der Waals surface area contributed by atoms with Crippen LogP contribution in [0.25, 0.3) is 5.69 Å². The maximum absolute atomic E-state index is 12.7. The molecule has 1 saturated heterocycles. The Hall–Kier alpha value is -3.50. The monoisotopic (exact) mass is 454 g/mol. The van der Waals surface area contributed by atoms with Gasteiger partial charge in [0.05, 0.1) is 35.6 Å². The molecule has 0 spiro atoms. The summed E-state index contributed by atoms with van der Waals surface area (Å²) in [7, 11) is -3.40. The molecular weight excluding hydrogens is 432 g/mol. The lowest BCUT2D eigenvalue weighted by Crippen LogP contribution is -2.36. The van der Waals surface area contributed by atoms with E-state index in [1.807, 2.05) is 6.07 Å². The van der Waals surface area contributed by atoms with Crippen LogP contribution in [0.2, 0.25) is 0 Å². The molecule has 1 fully saturated rings. The van der Waals surface area contributed by atoms with Crippen LogP contribution in [0.15, 0.2) is 70.6 Å². The van der Waals surface area contributed by atoms with Gasteiger partial charge in [-0.3, -0.25) is 14.2 Å². The van der Waals surface area contributed by atoms with E-state index in [0.29, 0.717) is 24.6 Å². The molecule has 32 heavy (non-hydrogen) atoms. The number of hydrogen-bond donors (Lipinski definition) is 1. The highest BCUT2D eigenvalue weighted by Crippen LogP contribution is 2.17. The lowest BCUT2D eigenvalue weighted by atomic mass is 10.2. The molecule has 1 amide bonds. The van der Waals surface area contributed by atoms with E-state index >= 15 is 0 Å². The molecule has 1 N–H and O–H groups in total. The second kappa shape index (κ2) is 8.93. The number of hydrogen-bond acceptors (Lipinski definition) is 7. The highest BCUT2D eigenvalue weighted by Gasteiger charge is 2.14. The average Bonchev–Trinajstić information content (AvgIpc) is 2.80. The van der Waals surface area contributed by atoms with Crippen LogP contribution in [0.3, 0.4) is 0 Å². The van der Waals surface area contributed by atoms with E-state index in [9.17, 15) is 18.0 Å². The number of ether oxygens (including phenoxy) is 1. The smallest absolute Gasteiger partial charge is 0.257 e. The molecule has 0 saturated carbocycles. The maximum Gasteiger partial charge on any atom is 0.257 e. The molecular formula is C22H22N4O5S. The fourth-order valence-corrected chi connectivity index (χ4v) is 4.00. The molecule has 166 valence electrons. The van der Waals surface area contributed by atoms with Crippen LogP contribution in [-0.4, -0.2) is 56.4 Å². The third-order valence-electron chi connectivity index (χ3n) is 5.04. The standard InChI is InChI=1S/C22H22N4O5S/c1-32(29,30)19-4-2-3-17(13-19)24-22(28)16-5-8-21(27)26(15-16)18-6-7-20(23-14-18)25-9-11-31-12-10-25/h2-8,13-15H,9-12H2,1H3,(H,24,28). The van der Waals surface area contributed by atoms with Crippen LogP contribution in [0.5, 0.6) is 0 Å². The third-order valence-corrected chi connectivity index (χ3v) is 6.15. The van der Waals surface area contributed by atoms with Gasteiger partial charge < -0.3 is 15.0 Å². The van der Waals surface area contributed by atoms with Gasteiger partial charge in [-0.05, 0) is 36.4 Å². The zero-order chi connectivity index (χ0) is 22.7. The minimum absolute atomic E-state index is 0.103. The number of rotatable bonds is 5. The van der Waals surface area contributed by atoms with Crippen LogP contribution >= 0.6 is 0 Å².